The first kappa shape index (κ1) is 17.9. The average molecular weight is 384 g/mol. The number of carbonyl (C=O) groups excluding carboxylic acids is 3. The van der Waals surface area contributed by atoms with E-state index < -0.39 is 29.4 Å². The zero-order valence-corrected chi connectivity index (χ0v) is 15.9. The van der Waals surface area contributed by atoms with Crippen LogP contribution < -0.4 is 5.32 Å². The summed E-state index contributed by atoms with van der Waals surface area (Å²) in [7, 11) is 2.80. The highest BCUT2D eigenvalue weighted by atomic mass is 32.1. The monoisotopic (exact) mass is 384 g/mol. The Hall–Kier alpha value is -2.51. The Morgan fingerprint density at radius 1 is 1.19 bits per heavy atom. The highest BCUT2D eigenvalue weighted by molar-refractivity contribution is 7.10. The van der Waals surface area contributed by atoms with E-state index in [1.54, 1.807) is 0 Å². The lowest BCUT2D eigenvalue weighted by molar-refractivity contribution is -0.153. The van der Waals surface area contributed by atoms with Crippen molar-refractivity contribution in [1.29, 1.82) is 0 Å². The van der Waals surface area contributed by atoms with Gasteiger partial charge < -0.3 is 4.74 Å². The molecule has 0 spiro atoms. The van der Waals surface area contributed by atoms with Gasteiger partial charge in [0.15, 0.2) is 0 Å². The van der Waals surface area contributed by atoms with Gasteiger partial charge in [-0.05, 0) is 17.0 Å². The van der Waals surface area contributed by atoms with E-state index in [0.717, 1.165) is 15.3 Å². The first-order valence-corrected chi connectivity index (χ1v) is 9.62. The summed E-state index contributed by atoms with van der Waals surface area (Å²) in [6.45, 7) is 0. The summed E-state index contributed by atoms with van der Waals surface area (Å²) in [5.41, 5.74) is -0.386. The van der Waals surface area contributed by atoms with Gasteiger partial charge >= 0.3 is 5.97 Å². The third-order valence-corrected chi connectivity index (χ3v) is 6.56. The molecule has 0 saturated carbocycles. The molecular formula is C20H20N2O4S. The topological polar surface area (TPSA) is 75.7 Å². The van der Waals surface area contributed by atoms with E-state index in [9.17, 15) is 14.4 Å². The Balaban J connectivity index is 1.85. The summed E-state index contributed by atoms with van der Waals surface area (Å²) in [6, 6.07) is 12.9. The van der Waals surface area contributed by atoms with Crippen LogP contribution in [0.2, 0.25) is 0 Å². The summed E-state index contributed by atoms with van der Waals surface area (Å²) in [5, 5.41) is 5.28. The fraction of sp³-hybridized carbons (Fsp3) is 0.350. The zero-order valence-electron chi connectivity index (χ0n) is 15.0. The number of carbonyl (C=O) groups is 3. The Morgan fingerprint density at radius 2 is 1.93 bits per heavy atom. The summed E-state index contributed by atoms with van der Waals surface area (Å²) in [6.07, 6.45) is 0.274. The molecule has 0 bridgehead atoms. The van der Waals surface area contributed by atoms with Gasteiger partial charge in [0, 0.05) is 18.3 Å². The Bertz CT molecular complexity index is 883. The van der Waals surface area contributed by atoms with Gasteiger partial charge in [0.2, 0.25) is 11.8 Å². The number of hydrogen-bond acceptors (Lipinski definition) is 6. The molecule has 2 aliphatic rings. The second-order valence-corrected chi connectivity index (χ2v) is 7.98. The van der Waals surface area contributed by atoms with E-state index >= 15 is 0 Å². The molecule has 4 atom stereocenters. The number of likely N-dealkylation sites (tertiary alicyclic amines) is 1. The van der Waals surface area contributed by atoms with Crippen molar-refractivity contribution in [2.75, 3.05) is 14.2 Å². The van der Waals surface area contributed by atoms with Crippen LogP contribution >= 0.6 is 11.3 Å². The van der Waals surface area contributed by atoms with Gasteiger partial charge in [0.1, 0.15) is 5.54 Å². The van der Waals surface area contributed by atoms with Crippen molar-refractivity contribution in [2.24, 2.45) is 11.8 Å². The van der Waals surface area contributed by atoms with Gasteiger partial charge in [-0.15, -0.1) is 11.3 Å². The van der Waals surface area contributed by atoms with Gasteiger partial charge in [-0.3, -0.25) is 24.6 Å². The fourth-order valence-corrected chi connectivity index (χ4v) is 5.21. The van der Waals surface area contributed by atoms with E-state index in [2.05, 4.69) is 5.32 Å². The van der Waals surface area contributed by atoms with Crippen LogP contribution in [0.3, 0.4) is 0 Å². The summed E-state index contributed by atoms with van der Waals surface area (Å²) < 4.78 is 5.12. The van der Waals surface area contributed by atoms with Gasteiger partial charge in [-0.25, -0.2) is 0 Å². The molecule has 2 fully saturated rings. The molecule has 2 saturated heterocycles. The second kappa shape index (κ2) is 6.58. The van der Waals surface area contributed by atoms with E-state index in [1.807, 2.05) is 47.8 Å². The Labute approximate surface area is 161 Å². The van der Waals surface area contributed by atoms with Crippen molar-refractivity contribution in [3.8, 4) is 0 Å². The summed E-state index contributed by atoms with van der Waals surface area (Å²) in [5.74, 6) is -2.52. The number of rotatable bonds is 4. The minimum Gasteiger partial charge on any atom is -0.468 e. The Morgan fingerprint density at radius 3 is 2.56 bits per heavy atom. The van der Waals surface area contributed by atoms with Crippen LogP contribution in [0.1, 0.15) is 16.5 Å². The van der Waals surface area contributed by atoms with Crippen LogP contribution in [0, 0.1) is 11.8 Å². The van der Waals surface area contributed by atoms with Crippen LogP contribution in [0.25, 0.3) is 0 Å². The maximum atomic E-state index is 13.0. The quantitative estimate of drug-likeness (QED) is 0.642. The number of thiophene rings is 1. The molecular weight excluding hydrogens is 364 g/mol. The second-order valence-electron chi connectivity index (χ2n) is 7.00. The van der Waals surface area contributed by atoms with Crippen molar-refractivity contribution < 1.29 is 19.1 Å². The molecule has 27 heavy (non-hydrogen) atoms. The fourth-order valence-electron chi connectivity index (χ4n) is 4.38. The highest BCUT2D eigenvalue weighted by Crippen LogP contribution is 2.50. The number of fused-ring (bicyclic) bond motifs is 1. The zero-order chi connectivity index (χ0) is 19.2. The molecule has 0 aliphatic carbocycles. The van der Waals surface area contributed by atoms with Gasteiger partial charge in [-0.2, -0.15) is 0 Å². The average Bonchev–Trinajstić information content (AvgIpc) is 3.37. The maximum absolute atomic E-state index is 13.0. The number of benzene rings is 1. The largest absolute Gasteiger partial charge is 0.468 e. The lowest BCUT2D eigenvalue weighted by Crippen LogP contribution is -2.57. The van der Waals surface area contributed by atoms with Gasteiger partial charge in [0.05, 0.1) is 25.0 Å². The predicted octanol–water partition coefficient (Wildman–Crippen LogP) is 1.78. The number of amides is 2. The molecule has 140 valence electrons. The van der Waals surface area contributed by atoms with Gasteiger partial charge in [-0.1, -0.05) is 36.4 Å². The Kier molecular flexibility index (Phi) is 4.36. The summed E-state index contributed by atoms with van der Waals surface area (Å²) >= 11 is 1.50. The van der Waals surface area contributed by atoms with E-state index in [1.165, 1.54) is 25.5 Å². The number of hydrogen-bond donors (Lipinski definition) is 1. The molecule has 2 amide bonds. The van der Waals surface area contributed by atoms with Crippen molar-refractivity contribution in [2.45, 2.75) is 18.0 Å². The predicted molar refractivity (Wildman–Crippen MR) is 99.8 cm³/mol. The molecule has 7 heteroatoms. The van der Waals surface area contributed by atoms with Crippen LogP contribution in [0.4, 0.5) is 0 Å². The van der Waals surface area contributed by atoms with Crippen LogP contribution in [0.15, 0.2) is 47.8 Å². The smallest absolute Gasteiger partial charge is 0.327 e. The minimum atomic E-state index is -1.28. The third-order valence-electron chi connectivity index (χ3n) is 5.60. The molecule has 0 unspecified atom stereocenters. The number of nitrogens with one attached hydrogen (secondary N) is 1. The van der Waals surface area contributed by atoms with Crippen molar-refractivity contribution >= 4 is 29.1 Å². The molecule has 1 aromatic heterocycles. The number of ether oxygens (including phenoxy) is 1. The van der Waals surface area contributed by atoms with Crippen LogP contribution in [0.5, 0.6) is 0 Å². The summed E-state index contributed by atoms with van der Waals surface area (Å²) in [4.78, 5) is 40.9. The van der Waals surface area contributed by atoms with E-state index in [0.29, 0.717) is 0 Å². The standard InChI is InChI=1S/C20H20N2O4S/c1-22-17(23)14-15(18(22)24)20(19(25)26-2,11-12-7-4-3-5-8-12)21-16(14)13-9-6-10-27-13/h3-10,14-16,21H,11H2,1-2H3/t14-,15-,16-,20+/m0/s1. The number of nitrogens with zero attached hydrogens (tertiary/aromatic N) is 1. The van der Waals surface area contributed by atoms with E-state index in [-0.39, 0.29) is 18.2 Å². The molecule has 3 heterocycles. The maximum Gasteiger partial charge on any atom is 0.327 e. The lowest BCUT2D eigenvalue weighted by atomic mass is 9.76. The SMILES string of the molecule is COC(=O)[C@]1(Cc2ccccc2)N[C@@H](c2cccs2)[C@H]2C(=O)N(C)C(=O)[C@H]21. The molecule has 2 aliphatic heterocycles. The number of methoxy groups -OCH3 is 1. The highest BCUT2D eigenvalue weighted by Gasteiger charge is 2.68. The molecule has 0 radical (unpaired) electrons. The first-order chi connectivity index (χ1) is 13.0. The number of esters is 1. The lowest BCUT2D eigenvalue weighted by Gasteiger charge is -2.32. The molecule has 1 N–H and O–H groups in total. The minimum absolute atomic E-state index is 0.255. The normalized spacial score (nSPS) is 29.9. The van der Waals surface area contributed by atoms with Crippen LogP contribution in [-0.4, -0.2) is 42.4 Å². The third kappa shape index (κ3) is 2.61. The number of imide groups is 1. The van der Waals surface area contributed by atoms with Crippen molar-refractivity contribution in [3.63, 3.8) is 0 Å². The van der Waals surface area contributed by atoms with Crippen molar-refractivity contribution in [1.82, 2.24) is 10.2 Å². The molecule has 1 aromatic carbocycles. The van der Waals surface area contributed by atoms with Crippen LogP contribution in [-0.2, 0) is 25.5 Å². The molecule has 6 nitrogen and oxygen atoms in total. The van der Waals surface area contributed by atoms with E-state index in [4.69, 9.17) is 4.74 Å². The molecule has 4 rings (SSSR count). The van der Waals surface area contributed by atoms with Gasteiger partial charge in [0.25, 0.3) is 0 Å². The first-order valence-electron chi connectivity index (χ1n) is 8.74. The molecule has 2 aromatic rings. The van der Waals surface area contributed by atoms with Crippen molar-refractivity contribution in [3.05, 3.63) is 58.3 Å².